The number of amides is 1. The van der Waals surface area contributed by atoms with Crippen LogP contribution >= 0.6 is 0 Å². The normalized spacial score (nSPS) is 14.5. The second-order valence-electron chi connectivity index (χ2n) is 7.72. The third kappa shape index (κ3) is 5.35. The molecule has 1 aliphatic rings. The maximum atomic E-state index is 13.1. The number of carbonyl (C=O) groups is 1. The largest absolute Gasteiger partial charge is 0.495 e. The summed E-state index contributed by atoms with van der Waals surface area (Å²) < 4.78 is 38.8. The molecule has 0 unspecified atom stereocenters. The predicted octanol–water partition coefficient (Wildman–Crippen LogP) is 4.91. The fourth-order valence-corrected chi connectivity index (χ4v) is 5.26. The summed E-state index contributed by atoms with van der Waals surface area (Å²) in [6.07, 6.45) is 2.73. The molecule has 0 aliphatic carbocycles. The van der Waals surface area contributed by atoms with Gasteiger partial charge in [-0.05, 0) is 61.4 Å². The Bertz CT molecular complexity index is 1220. The summed E-state index contributed by atoms with van der Waals surface area (Å²) in [6.45, 7) is 1.01. The quantitative estimate of drug-likeness (QED) is 0.535. The second kappa shape index (κ2) is 10.1. The van der Waals surface area contributed by atoms with Gasteiger partial charge in [0.2, 0.25) is 10.0 Å². The van der Waals surface area contributed by atoms with Crippen molar-refractivity contribution in [1.82, 2.24) is 4.31 Å². The minimum atomic E-state index is -3.64. The van der Waals surface area contributed by atoms with Crippen LogP contribution < -0.4 is 14.8 Å². The molecular formula is C25H26N2O5S. The van der Waals surface area contributed by atoms with Crippen molar-refractivity contribution in [2.24, 2.45) is 0 Å². The van der Waals surface area contributed by atoms with E-state index in [9.17, 15) is 13.2 Å². The van der Waals surface area contributed by atoms with Crippen LogP contribution in [-0.4, -0.2) is 38.8 Å². The molecule has 0 bridgehead atoms. The van der Waals surface area contributed by atoms with Crippen LogP contribution in [0.15, 0.2) is 77.7 Å². The maximum Gasteiger partial charge on any atom is 0.255 e. The smallest absolute Gasteiger partial charge is 0.255 e. The Morgan fingerprint density at radius 1 is 0.879 bits per heavy atom. The molecule has 1 N–H and O–H groups in total. The van der Waals surface area contributed by atoms with Crippen LogP contribution in [0.3, 0.4) is 0 Å². The van der Waals surface area contributed by atoms with Crippen LogP contribution in [0.5, 0.6) is 17.2 Å². The number of anilines is 1. The van der Waals surface area contributed by atoms with E-state index in [1.54, 1.807) is 30.3 Å². The number of piperidine rings is 1. The van der Waals surface area contributed by atoms with Gasteiger partial charge in [0.05, 0.1) is 17.7 Å². The number of sulfonamides is 1. The van der Waals surface area contributed by atoms with Crippen molar-refractivity contribution in [3.8, 4) is 17.2 Å². The van der Waals surface area contributed by atoms with Crippen molar-refractivity contribution in [2.45, 2.75) is 24.2 Å². The molecule has 3 aromatic carbocycles. The van der Waals surface area contributed by atoms with Crippen molar-refractivity contribution in [2.75, 3.05) is 25.5 Å². The van der Waals surface area contributed by atoms with Crippen LogP contribution in [0.25, 0.3) is 0 Å². The molecular weight excluding hydrogens is 440 g/mol. The SMILES string of the molecule is COc1ccc(S(=O)(=O)N2CCCCC2)cc1NC(=O)c1cccc(Oc2ccccc2)c1. The molecule has 1 heterocycles. The summed E-state index contributed by atoms with van der Waals surface area (Å²) in [5.41, 5.74) is 0.657. The zero-order chi connectivity index (χ0) is 23.3. The first-order valence-corrected chi connectivity index (χ1v) is 12.2. The number of hydrogen-bond acceptors (Lipinski definition) is 5. The molecule has 0 atom stereocenters. The van der Waals surface area contributed by atoms with Gasteiger partial charge in [0, 0.05) is 18.7 Å². The summed E-state index contributed by atoms with van der Waals surface area (Å²) in [4.78, 5) is 13.1. The highest BCUT2D eigenvalue weighted by molar-refractivity contribution is 7.89. The lowest BCUT2D eigenvalue weighted by atomic mass is 10.2. The average Bonchev–Trinajstić information content (AvgIpc) is 2.85. The minimum Gasteiger partial charge on any atom is -0.495 e. The Morgan fingerprint density at radius 3 is 2.33 bits per heavy atom. The molecule has 0 radical (unpaired) electrons. The molecule has 1 amide bonds. The molecule has 1 saturated heterocycles. The molecule has 0 aromatic heterocycles. The molecule has 4 rings (SSSR count). The first kappa shape index (κ1) is 22.8. The molecule has 0 saturated carbocycles. The van der Waals surface area contributed by atoms with E-state index in [-0.39, 0.29) is 10.6 Å². The Kier molecular flexibility index (Phi) is 6.96. The molecule has 1 aliphatic heterocycles. The van der Waals surface area contributed by atoms with Crippen LogP contribution in [0, 0.1) is 0 Å². The number of carbonyl (C=O) groups excluding carboxylic acids is 1. The minimum absolute atomic E-state index is 0.127. The lowest BCUT2D eigenvalue weighted by Crippen LogP contribution is -2.35. The summed E-state index contributed by atoms with van der Waals surface area (Å²) in [5.74, 6) is 1.14. The highest BCUT2D eigenvalue weighted by Gasteiger charge is 2.27. The van der Waals surface area contributed by atoms with E-state index in [1.165, 1.54) is 23.5 Å². The average molecular weight is 467 g/mol. The van der Waals surface area contributed by atoms with Gasteiger partial charge >= 0.3 is 0 Å². The van der Waals surface area contributed by atoms with Gasteiger partial charge in [0.1, 0.15) is 17.2 Å². The van der Waals surface area contributed by atoms with E-state index >= 15 is 0 Å². The number of nitrogens with one attached hydrogen (secondary N) is 1. The van der Waals surface area contributed by atoms with Crippen molar-refractivity contribution in [3.05, 3.63) is 78.4 Å². The zero-order valence-electron chi connectivity index (χ0n) is 18.4. The fraction of sp³-hybridized carbons (Fsp3) is 0.240. The summed E-state index contributed by atoms with van der Waals surface area (Å²) in [5, 5.41) is 2.78. The fourth-order valence-electron chi connectivity index (χ4n) is 3.72. The first-order valence-electron chi connectivity index (χ1n) is 10.8. The summed E-state index contributed by atoms with van der Waals surface area (Å²) >= 11 is 0. The van der Waals surface area contributed by atoms with E-state index < -0.39 is 15.9 Å². The van der Waals surface area contributed by atoms with Gasteiger partial charge in [0.25, 0.3) is 5.91 Å². The van der Waals surface area contributed by atoms with Gasteiger partial charge in [-0.2, -0.15) is 4.31 Å². The molecule has 0 spiro atoms. The number of ether oxygens (including phenoxy) is 2. The highest BCUT2D eigenvalue weighted by Crippen LogP contribution is 2.31. The molecule has 33 heavy (non-hydrogen) atoms. The summed E-state index contributed by atoms with van der Waals surface area (Å²) in [6, 6.07) is 20.6. The number of hydrogen-bond donors (Lipinski definition) is 1. The van der Waals surface area contributed by atoms with Crippen molar-refractivity contribution < 1.29 is 22.7 Å². The lowest BCUT2D eigenvalue weighted by Gasteiger charge is -2.26. The van der Waals surface area contributed by atoms with Gasteiger partial charge < -0.3 is 14.8 Å². The van der Waals surface area contributed by atoms with Crippen molar-refractivity contribution >= 4 is 21.6 Å². The first-order chi connectivity index (χ1) is 16.0. The summed E-state index contributed by atoms with van der Waals surface area (Å²) in [7, 11) is -2.17. The van der Waals surface area contributed by atoms with E-state index in [0.29, 0.717) is 35.9 Å². The van der Waals surface area contributed by atoms with E-state index in [2.05, 4.69) is 5.32 Å². The molecule has 172 valence electrons. The number of methoxy groups -OCH3 is 1. The Morgan fingerprint density at radius 2 is 1.61 bits per heavy atom. The standard InChI is InChI=1S/C25H26N2O5S/c1-31-24-14-13-22(33(29,30)27-15-6-3-7-16-27)18-23(24)26-25(28)19-9-8-12-21(17-19)32-20-10-4-2-5-11-20/h2,4-5,8-14,17-18H,3,6-7,15-16H2,1H3,(H,26,28). The Balaban J connectivity index is 1.56. The second-order valence-corrected chi connectivity index (χ2v) is 9.66. The number of benzene rings is 3. The zero-order valence-corrected chi connectivity index (χ0v) is 19.2. The number of nitrogens with zero attached hydrogens (tertiary/aromatic N) is 1. The van der Waals surface area contributed by atoms with E-state index in [1.807, 2.05) is 30.3 Å². The monoisotopic (exact) mass is 466 g/mol. The Labute approximate surface area is 194 Å². The lowest BCUT2D eigenvalue weighted by molar-refractivity contribution is 0.102. The predicted molar refractivity (Wildman–Crippen MR) is 127 cm³/mol. The van der Waals surface area contributed by atoms with Gasteiger partial charge in [-0.3, -0.25) is 4.79 Å². The van der Waals surface area contributed by atoms with Crippen molar-refractivity contribution in [1.29, 1.82) is 0 Å². The topological polar surface area (TPSA) is 84.9 Å². The molecule has 7 nitrogen and oxygen atoms in total. The third-order valence-electron chi connectivity index (χ3n) is 5.45. The highest BCUT2D eigenvalue weighted by atomic mass is 32.2. The van der Waals surface area contributed by atoms with Crippen molar-refractivity contribution in [3.63, 3.8) is 0 Å². The Hall–Kier alpha value is -3.36. The number of para-hydroxylation sites is 1. The van der Waals surface area contributed by atoms with E-state index in [0.717, 1.165) is 19.3 Å². The van der Waals surface area contributed by atoms with Gasteiger partial charge in [0.15, 0.2) is 0 Å². The third-order valence-corrected chi connectivity index (χ3v) is 7.34. The molecule has 3 aromatic rings. The van der Waals surface area contributed by atoms with E-state index in [4.69, 9.17) is 9.47 Å². The van der Waals surface area contributed by atoms with Gasteiger partial charge in [-0.1, -0.05) is 30.7 Å². The van der Waals surface area contributed by atoms with Crippen LogP contribution in [-0.2, 0) is 10.0 Å². The van der Waals surface area contributed by atoms with Crippen LogP contribution in [0.4, 0.5) is 5.69 Å². The number of rotatable bonds is 7. The van der Waals surface area contributed by atoms with Crippen LogP contribution in [0.1, 0.15) is 29.6 Å². The van der Waals surface area contributed by atoms with Gasteiger partial charge in [-0.15, -0.1) is 0 Å². The molecule has 8 heteroatoms. The molecule has 1 fully saturated rings. The van der Waals surface area contributed by atoms with Gasteiger partial charge in [-0.25, -0.2) is 8.42 Å². The van der Waals surface area contributed by atoms with Crippen LogP contribution in [0.2, 0.25) is 0 Å². The maximum absolute atomic E-state index is 13.1.